The zero-order valence-electron chi connectivity index (χ0n) is 14.4. The van der Waals surface area contributed by atoms with Gasteiger partial charge in [0.1, 0.15) is 5.60 Å². The molecule has 0 saturated carbocycles. The maximum atomic E-state index is 10.6. The second-order valence-corrected chi connectivity index (χ2v) is 7.41. The second kappa shape index (κ2) is 5.77. The number of aliphatic hydroxyl groups is 1. The van der Waals surface area contributed by atoms with E-state index in [1.54, 1.807) is 0 Å². The Morgan fingerprint density at radius 2 is 1.30 bits per heavy atom. The van der Waals surface area contributed by atoms with Gasteiger partial charge < -0.3 is 9.84 Å². The Bertz CT molecular complexity index is 607. The fourth-order valence-electron chi connectivity index (χ4n) is 3.87. The average molecular weight is 310 g/mol. The summed E-state index contributed by atoms with van der Waals surface area (Å²) in [5, 5.41) is 10.6. The number of hydrogen-bond acceptors (Lipinski definition) is 2. The van der Waals surface area contributed by atoms with Crippen LogP contribution < -0.4 is 0 Å². The molecular weight excluding hydrogens is 284 g/mol. The van der Waals surface area contributed by atoms with Crippen molar-refractivity contribution in [1.29, 1.82) is 0 Å². The summed E-state index contributed by atoms with van der Waals surface area (Å²) in [6.07, 6.45) is -0.645. The van der Waals surface area contributed by atoms with E-state index in [0.29, 0.717) is 0 Å². The first-order valence-corrected chi connectivity index (χ1v) is 8.38. The third-order valence-electron chi connectivity index (χ3n) is 5.28. The van der Waals surface area contributed by atoms with Gasteiger partial charge in [-0.3, -0.25) is 0 Å². The number of aliphatic hydroxyl groups excluding tert-OH is 1. The lowest BCUT2D eigenvalue weighted by atomic mass is 9.57. The molecule has 1 aliphatic rings. The standard InChI is InChI=1S/C21H26O2/c1-15(2)18(22)19-20(3,4)21(23-19,16-11-7-5-8-12-16)17-13-9-6-10-14-17/h5-15,18-19,22H,1-4H3/t18?,19-/m0/s1. The minimum Gasteiger partial charge on any atom is -0.390 e. The molecule has 0 amide bonds. The quantitative estimate of drug-likeness (QED) is 0.908. The van der Waals surface area contributed by atoms with Crippen LogP contribution in [0.2, 0.25) is 0 Å². The summed E-state index contributed by atoms with van der Waals surface area (Å²) in [5.74, 6) is 0.170. The fraction of sp³-hybridized carbons (Fsp3) is 0.429. The van der Waals surface area contributed by atoms with E-state index in [4.69, 9.17) is 4.74 Å². The van der Waals surface area contributed by atoms with Crippen molar-refractivity contribution < 1.29 is 9.84 Å². The molecule has 23 heavy (non-hydrogen) atoms. The molecule has 1 saturated heterocycles. The Hall–Kier alpha value is -1.64. The maximum absolute atomic E-state index is 10.6. The molecule has 3 rings (SSSR count). The minimum absolute atomic E-state index is 0.170. The Balaban J connectivity index is 2.10. The molecular formula is C21H26O2. The van der Waals surface area contributed by atoms with Crippen LogP contribution >= 0.6 is 0 Å². The number of rotatable bonds is 4. The Morgan fingerprint density at radius 1 is 0.870 bits per heavy atom. The van der Waals surface area contributed by atoms with E-state index in [0.717, 1.165) is 11.1 Å². The Labute approximate surface area is 139 Å². The van der Waals surface area contributed by atoms with Crippen LogP contribution in [0, 0.1) is 11.3 Å². The summed E-state index contributed by atoms with van der Waals surface area (Å²) >= 11 is 0. The van der Waals surface area contributed by atoms with Crippen LogP contribution in [0.5, 0.6) is 0 Å². The number of hydrogen-bond donors (Lipinski definition) is 1. The van der Waals surface area contributed by atoms with E-state index in [9.17, 15) is 5.11 Å². The molecule has 0 aliphatic carbocycles. The SMILES string of the molecule is CC(C)C(O)[C@@H]1OC(c2ccccc2)(c2ccccc2)C1(C)C. The van der Waals surface area contributed by atoms with E-state index >= 15 is 0 Å². The zero-order chi connectivity index (χ0) is 16.7. The van der Waals surface area contributed by atoms with Gasteiger partial charge in [0.15, 0.2) is 0 Å². The molecule has 0 bridgehead atoms. The van der Waals surface area contributed by atoms with Crippen molar-refractivity contribution in [1.82, 2.24) is 0 Å². The summed E-state index contributed by atoms with van der Waals surface area (Å²) in [6.45, 7) is 8.48. The molecule has 0 aromatic heterocycles. The van der Waals surface area contributed by atoms with Crippen molar-refractivity contribution in [2.24, 2.45) is 11.3 Å². The molecule has 2 heteroatoms. The maximum Gasteiger partial charge on any atom is 0.126 e. The predicted molar refractivity (Wildman–Crippen MR) is 93.2 cm³/mol. The lowest BCUT2D eigenvalue weighted by Gasteiger charge is -2.63. The van der Waals surface area contributed by atoms with E-state index in [1.165, 1.54) is 0 Å². The third kappa shape index (κ3) is 2.32. The van der Waals surface area contributed by atoms with Crippen LogP contribution in [0.25, 0.3) is 0 Å². The molecule has 2 atom stereocenters. The highest BCUT2D eigenvalue weighted by Crippen LogP contribution is 2.61. The van der Waals surface area contributed by atoms with E-state index in [2.05, 4.69) is 38.1 Å². The number of ether oxygens (including phenoxy) is 1. The first-order chi connectivity index (χ1) is 10.9. The molecule has 0 radical (unpaired) electrons. The average Bonchev–Trinajstić information content (AvgIpc) is 2.56. The van der Waals surface area contributed by atoms with Crippen LogP contribution in [0.1, 0.15) is 38.8 Å². The van der Waals surface area contributed by atoms with Gasteiger partial charge in [0.2, 0.25) is 0 Å². The molecule has 1 aliphatic heterocycles. The van der Waals surface area contributed by atoms with Gasteiger partial charge in [-0.05, 0) is 17.0 Å². The van der Waals surface area contributed by atoms with Gasteiger partial charge in [0.25, 0.3) is 0 Å². The molecule has 2 aromatic rings. The summed E-state index contributed by atoms with van der Waals surface area (Å²) in [6, 6.07) is 20.7. The fourth-order valence-corrected chi connectivity index (χ4v) is 3.87. The first-order valence-electron chi connectivity index (χ1n) is 8.38. The summed E-state index contributed by atoms with van der Waals surface area (Å²) in [5.41, 5.74) is 1.56. The van der Waals surface area contributed by atoms with Gasteiger partial charge >= 0.3 is 0 Å². The lowest BCUT2D eigenvalue weighted by Crippen LogP contribution is -2.68. The molecule has 2 nitrogen and oxygen atoms in total. The predicted octanol–water partition coefficient (Wildman–Crippen LogP) is 4.37. The van der Waals surface area contributed by atoms with Gasteiger partial charge in [0, 0.05) is 5.41 Å². The summed E-state index contributed by atoms with van der Waals surface area (Å²) in [7, 11) is 0. The van der Waals surface area contributed by atoms with Gasteiger partial charge in [-0.2, -0.15) is 0 Å². The van der Waals surface area contributed by atoms with Crippen molar-refractivity contribution in [3.8, 4) is 0 Å². The topological polar surface area (TPSA) is 29.5 Å². The Morgan fingerprint density at radius 3 is 1.65 bits per heavy atom. The highest BCUT2D eigenvalue weighted by atomic mass is 16.6. The normalized spacial score (nSPS) is 23.3. The van der Waals surface area contributed by atoms with Crippen LogP contribution in [0.3, 0.4) is 0 Å². The van der Waals surface area contributed by atoms with E-state index in [1.807, 2.05) is 50.2 Å². The molecule has 0 spiro atoms. The van der Waals surface area contributed by atoms with Crippen LogP contribution in [-0.4, -0.2) is 17.3 Å². The molecule has 1 N–H and O–H groups in total. The van der Waals surface area contributed by atoms with E-state index < -0.39 is 11.7 Å². The minimum atomic E-state index is -0.518. The van der Waals surface area contributed by atoms with Gasteiger partial charge in [-0.1, -0.05) is 88.4 Å². The van der Waals surface area contributed by atoms with Crippen molar-refractivity contribution in [3.05, 3.63) is 71.8 Å². The van der Waals surface area contributed by atoms with Gasteiger partial charge in [-0.15, -0.1) is 0 Å². The largest absolute Gasteiger partial charge is 0.390 e. The number of benzene rings is 2. The molecule has 1 heterocycles. The first kappa shape index (κ1) is 16.2. The summed E-state index contributed by atoms with van der Waals surface area (Å²) in [4.78, 5) is 0. The van der Waals surface area contributed by atoms with Crippen molar-refractivity contribution in [3.63, 3.8) is 0 Å². The Kier molecular flexibility index (Phi) is 4.07. The van der Waals surface area contributed by atoms with E-state index in [-0.39, 0.29) is 17.4 Å². The third-order valence-corrected chi connectivity index (χ3v) is 5.28. The smallest absolute Gasteiger partial charge is 0.126 e. The van der Waals surface area contributed by atoms with Gasteiger partial charge in [-0.25, -0.2) is 0 Å². The highest BCUT2D eigenvalue weighted by Gasteiger charge is 2.65. The lowest BCUT2D eigenvalue weighted by molar-refractivity contribution is -0.324. The van der Waals surface area contributed by atoms with Gasteiger partial charge in [0.05, 0.1) is 12.2 Å². The molecule has 2 aromatic carbocycles. The van der Waals surface area contributed by atoms with Crippen molar-refractivity contribution in [2.75, 3.05) is 0 Å². The zero-order valence-corrected chi connectivity index (χ0v) is 14.4. The monoisotopic (exact) mass is 310 g/mol. The molecule has 1 fully saturated rings. The summed E-state index contributed by atoms with van der Waals surface area (Å²) < 4.78 is 6.49. The van der Waals surface area contributed by atoms with Crippen molar-refractivity contribution in [2.45, 2.75) is 45.5 Å². The highest BCUT2D eigenvalue weighted by molar-refractivity contribution is 5.42. The van der Waals surface area contributed by atoms with Crippen LogP contribution in [0.15, 0.2) is 60.7 Å². The molecule has 122 valence electrons. The van der Waals surface area contributed by atoms with Crippen LogP contribution in [-0.2, 0) is 10.3 Å². The second-order valence-electron chi connectivity index (χ2n) is 7.41. The van der Waals surface area contributed by atoms with Crippen LogP contribution in [0.4, 0.5) is 0 Å². The molecule has 1 unspecified atom stereocenters. The van der Waals surface area contributed by atoms with Crippen molar-refractivity contribution >= 4 is 0 Å².